The Morgan fingerprint density at radius 1 is 0.889 bits per heavy atom. The summed E-state index contributed by atoms with van der Waals surface area (Å²) < 4.78 is 9.20. The molecule has 36 heavy (non-hydrogen) atoms. The first-order chi connectivity index (χ1) is 17.5. The van der Waals surface area contributed by atoms with Crippen molar-refractivity contribution < 1.29 is 14.3 Å². The van der Waals surface area contributed by atoms with E-state index in [-0.39, 0.29) is 18.2 Å². The molecule has 0 aliphatic rings. The second kappa shape index (κ2) is 10.5. The fraction of sp³-hybridized carbons (Fsp3) is 0.103. The molecule has 0 radical (unpaired) electrons. The van der Waals surface area contributed by atoms with Gasteiger partial charge in [0.05, 0.1) is 13.2 Å². The minimum atomic E-state index is -0.296. The van der Waals surface area contributed by atoms with E-state index in [9.17, 15) is 9.59 Å². The van der Waals surface area contributed by atoms with E-state index in [2.05, 4.69) is 57.6 Å². The number of fused-ring (bicyclic) bond motifs is 3. The number of hydrogen-bond acceptors (Lipinski definition) is 5. The normalized spacial score (nSPS) is 11.0. The van der Waals surface area contributed by atoms with Crippen molar-refractivity contribution in [3.05, 3.63) is 106 Å². The molecule has 0 saturated carbocycles. The van der Waals surface area contributed by atoms with E-state index < -0.39 is 0 Å². The Balaban J connectivity index is 1.21. The number of halogens is 1. The summed E-state index contributed by atoms with van der Waals surface area (Å²) in [6, 6.07) is 26.9. The third-order valence-corrected chi connectivity index (χ3v) is 7.84. The van der Waals surface area contributed by atoms with Gasteiger partial charge < -0.3 is 15.8 Å². The Kier molecular flexibility index (Phi) is 7.02. The maximum absolute atomic E-state index is 12.9. The van der Waals surface area contributed by atoms with Crippen molar-refractivity contribution in [1.29, 1.82) is 0 Å². The third kappa shape index (κ3) is 5.12. The number of nitrogens with two attached hydrogens (primary N) is 1. The summed E-state index contributed by atoms with van der Waals surface area (Å²) in [6.07, 6.45) is 0.561. The van der Waals surface area contributed by atoms with E-state index >= 15 is 0 Å². The molecule has 0 atom stereocenters. The highest BCUT2D eigenvalue weighted by molar-refractivity contribution is 9.10. The molecular weight excluding hydrogens is 536 g/mol. The zero-order valence-corrected chi connectivity index (χ0v) is 21.7. The maximum atomic E-state index is 12.9. The van der Waals surface area contributed by atoms with E-state index in [0.29, 0.717) is 29.8 Å². The van der Waals surface area contributed by atoms with Gasteiger partial charge in [0.25, 0.3) is 5.91 Å². The van der Waals surface area contributed by atoms with Crippen LogP contribution in [0, 0.1) is 0 Å². The van der Waals surface area contributed by atoms with Crippen LogP contribution in [0.4, 0.5) is 5.69 Å². The number of rotatable bonds is 8. The van der Waals surface area contributed by atoms with Gasteiger partial charge in [-0.3, -0.25) is 9.59 Å². The van der Waals surface area contributed by atoms with Gasteiger partial charge in [0.15, 0.2) is 5.78 Å². The quantitative estimate of drug-likeness (QED) is 0.165. The first kappa shape index (κ1) is 24.0. The molecular formula is C29H23BrN2O3S. The van der Waals surface area contributed by atoms with Crippen molar-refractivity contribution in [3.63, 3.8) is 0 Å². The number of anilines is 1. The SMILES string of the molecule is Nc1cc(C(=O)CNC(=O)c2ccccc2CCOc2ccc3c(c2)sc2ccccc23)ccc1Br. The number of ketones is 1. The summed E-state index contributed by atoms with van der Waals surface area (Å²) in [7, 11) is 0. The lowest BCUT2D eigenvalue weighted by atomic mass is 10.0. The molecule has 180 valence electrons. The molecule has 7 heteroatoms. The van der Waals surface area contributed by atoms with Gasteiger partial charge in [-0.15, -0.1) is 11.3 Å². The van der Waals surface area contributed by atoms with Gasteiger partial charge in [-0.25, -0.2) is 0 Å². The molecule has 1 amide bonds. The molecule has 0 aliphatic heterocycles. The molecule has 0 bridgehead atoms. The number of nitrogen functional groups attached to an aromatic ring is 1. The van der Waals surface area contributed by atoms with Crippen molar-refractivity contribution in [2.24, 2.45) is 0 Å². The number of thiophene rings is 1. The summed E-state index contributed by atoms with van der Waals surface area (Å²) in [5.74, 6) is 0.297. The number of ether oxygens (including phenoxy) is 1. The van der Waals surface area contributed by atoms with E-state index in [1.54, 1.807) is 35.6 Å². The van der Waals surface area contributed by atoms with Gasteiger partial charge in [0, 0.05) is 47.9 Å². The van der Waals surface area contributed by atoms with Gasteiger partial charge in [0.2, 0.25) is 0 Å². The summed E-state index contributed by atoms with van der Waals surface area (Å²) in [4.78, 5) is 25.4. The Bertz CT molecular complexity index is 1590. The van der Waals surface area contributed by atoms with Gasteiger partial charge in [-0.05, 0) is 64.0 Å². The third-order valence-electron chi connectivity index (χ3n) is 5.98. The van der Waals surface area contributed by atoms with Crippen LogP contribution in [0.3, 0.4) is 0 Å². The molecule has 0 fully saturated rings. The molecule has 5 rings (SSSR count). The Labute approximate surface area is 221 Å². The molecule has 0 aliphatic carbocycles. The first-order valence-corrected chi connectivity index (χ1v) is 13.1. The Morgan fingerprint density at radius 3 is 2.53 bits per heavy atom. The maximum Gasteiger partial charge on any atom is 0.251 e. The van der Waals surface area contributed by atoms with Crippen LogP contribution < -0.4 is 15.8 Å². The molecule has 1 aromatic heterocycles. The number of amides is 1. The van der Waals surface area contributed by atoms with Crippen LogP contribution >= 0.6 is 27.3 Å². The van der Waals surface area contributed by atoms with Crippen LogP contribution in [0.5, 0.6) is 5.75 Å². The van der Waals surface area contributed by atoms with Crippen LogP contribution in [-0.2, 0) is 6.42 Å². The van der Waals surface area contributed by atoms with Crippen molar-refractivity contribution in [2.75, 3.05) is 18.9 Å². The highest BCUT2D eigenvalue weighted by Gasteiger charge is 2.14. The number of carbonyl (C=O) groups excluding carboxylic acids is 2. The van der Waals surface area contributed by atoms with Crippen LogP contribution in [0.25, 0.3) is 20.2 Å². The lowest BCUT2D eigenvalue weighted by Gasteiger charge is -2.11. The number of nitrogens with one attached hydrogen (secondary N) is 1. The van der Waals surface area contributed by atoms with E-state index in [1.165, 1.54) is 20.2 Å². The number of carbonyl (C=O) groups is 2. The first-order valence-electron chi connectivity index (χ1n) is 11.5. The molecule has 0 saturated heterocycles. The van der Waals surface area contributed by atoms with Gasteiger partial charge in [-0.1, -0.05) is 42.5 Å². The predicted octanol–water partition coefficient (Wildman–Crippen LogP) is 6.63. The minimum Gasteiger partial charge on any atom is -0.493 e. The fourth-order valence-corrected chi connectivity index (χ4v) is 5.49. The molecule has 4 aromatic carbocycles. The Morgan fingerprint density at radius 2 is 1.67 bits per heavy atom. The Hall–Kier alpha value is -3.68. The molecule has 3 N–H and O–H groups in total. The second-order valence-corrected chi connectivity index (χ2v) is 10.3. The molecule has 0 unspecified atom stereocenters. The number of Topliss-reactive ketones (excluding diaryl/α,β-unsaturated/α-hetero) is 1. The predicted molar refractivity (Wildman–Crippen MR) is 150 cm³/mol. The highest BCUT2D eigenvalue weighted by Crippen LogP contribution is 2.35. The van der Waals surface area contributed by atoms with Crippen LogP contribution in [0.1, 0.15) is 26.3 Å². The summed E-state index contributed by atoms with van der Waals surface area (Å²) in [5, 5.41) is 5.21. The van der Waals surface area contributed by atoms with Crippen molar-refractivity contribution in [3.8, 4) is 5.75 Å². The lowest BCUT2D eigenvalue weighted by molar-refractivity contribution is 0.0903. The molecule has 1 heterocycles. The second-order valence-electron chi connectivity index (χ2n) is 8.35. The fourth-order valence-electron chi connectivity index (χ4n) is 4.11. The van der Waals surface area contributed by atoms with Gasteiger partial charge >= 0.3 is 0 Å². The van der Waals surface area contributed by atoms with E-state index in [1.807, 2.05) is 24.3 Å². The van der Waals surface area contributed by atoms with E-state index in [0.717, 1.165) is 15.8 Å². The monoisotopic (exact) mass is 558 g/mol. The standard InChI is InChI=1S/C29H23BrN2O3S/c30-24-12-9-19(15-25(24)31)26(33)17-32-29(34)21-6-2-1-5-18(21)13-14-35-20-10-11-23-22-7-3-4-8-27(22)36-28(23)16-20/h1-12,15-16H,13-14,17,31H2,(H,32,34). The zero-order valence-electron chi connectivity index (χ0n) is 19.3. The van der Waals surface area contributed by atoms with Gasteiger partial charge in [-0.2, -0.15) is 0 Å². The summed E-state index contributed by atoms with van der Waals surface area (Å²) in [6.45, 7) is 0.317. The summed E-state index contributed by atoms with van der Waals surface area (Å²) in [5.41, 5.74) is 8.18. The van der Waals surface area contributed by atoms with Crippen LogP contribution in [0.2, 0.25) is 0 Å². The van der Waals surface area contributed by atoms with Crippen molar-refractivity contribution >= 4 is 64.8 Å². The topological polar surface area (TPSA) is 81.4 Å². The average molecular weight is 559 g/mol. The largest absolute Gasteiger partial charge is 0.493 e. The summed E-state index contributed by atoms with van der Waals surface area (Å²) >= 11 is 5.07. The molecule has 5 aromatic rings. The highest BCUT2D eigenvalue weighted by atomic mass is 79.9. The van der Waals surface area contributed by atoms with Gasteiger partial charge in [0.1, 0.15) is 5.75 Å². The zero-order chi connectivity index (χ0) is 25.1. The van der Waals surface area contributed by atoms with Crippen molar-refractivity contribution in [2.45, 2.75) is 6.42 Å². The number of hydrogen-bond donors (Lipinski definition) is 2. The van der Waals surface area contributed by atoms with Crippen LogP contribution in [0.15, 0.2) is 89.4 Å². The van der Waals surface area contributed by atoms with E-state index in [4.69, 9.17) is 10.5 Å². The molecule has 0 spiro atoms. The van der Waals surface area contributed by atoms with Crippen LogP contribution in [-0.4, -0.2) is 24.8 Å². The lowest BCUT2D eigenvalue weighted by Crippen LogP contribution is -2.30. The average Bonchev–Trinajstić information content (AvgIpc) is 3.27. The smallest absolute Gasteiger partial charge is 0.251 e. The minimum absolute atomic E-state index is 0.111. The molecule has 5 nitrogen and oxygen atoms in total. The van der Waals surface area contributed by atoms with Crippen molar-refractivity contribution in [1.82, 2.24) is 5.32 Å². The number of benzene rings is 4.